The Morgan fingerprint density at radius 3 is 2.32 bits per heavy atom. The first-order chi connectivity index (χ1) is 10.2. The van der Waals surface area contributed by atoms with Gasteiger partial charge in [-0.25, -0.2) is 0 Å². The molecule has 0 bridgehead atoms. The largest absolute Gasteiger partial charge is 0.416 e. The van der Waals surface area contributed by atoms with Gasteiger partial charge in [0.2, 0.25) is 0 Å². The number of ketones is 1. The number of carbonyl (C=O) groups excluding carboxylic acids is 1. The van der Waals surface area contributed by atoms with E-state index < -0.39 is 17.8 Å². The van der Waals surface area contributed by atoms with Crippen LogP contribution in [0.15, 0.2) is 24.3 Å². The van der Waals surface area contributed by atoms with E-state index in [2.05, 4.69) is 0 Å². The molecular formula is C17H24F3NO. The smallest absolute Gasteiger partial charge is 0.297 e. The molecule has 0 saturated carbocycles. The van der Waals surface area contributed by atoms with Gasteiger partial charge in [0.15, 0.2) is 5.78 Å². The molecule has 2 nitrogen and oxygen atoms in total. The summed E-state index contributed by atoms with van der Waals surface area (Å²) in [4.78, 5) is 14.4. The number of halogens is 3. The molecule has 0 fully saturated rings. The zero-order valence-corrected chi connectivity index (χ0v) is 13.6. The summed E-state index contributed by atoms with van der Waals surface area (Å²) in [5.74, 6) is -0.124. The number of carbonyl (C=O) groups is 1. The first-order valence-electron chi connectivity index (χ1n) is 7.59. The molecule has 1 aromatic carbocycles. The van der Waals surface area contributed by atoms with E-state index in [0.29, 0.717) is 12.0 Å². The highest BCUT2D eigenvalue weighted by molar-refractivity contribution is 5.87. The Balaban J connectivity index is 3.18. The Morgan fingerprint density at radius 2 is 1.86 bits per heavy atom. The van der Waals surface area contributed by atoms with Gasteiger partial charge < -0.3 is 0 Å². The molecule has 22 heavy (non-hydrogen) atoms. The summed E-state index contributed by atoms with van der Waals surface area (Å²) in [6.07, 6.45) is -2.05. The van der Waals surface area contributed by atoms with Crippen molar-refractivity contribution in [2.75, 3.05) is 14.1 Å². The Kier molecular flexibility index (Phi) is 6.60. The minimum Gasteiger partial charge on any atom is -0.297 e. The summed E-state index contributed by atoms with van der Waals surface area (Å²) in [6, 6.07) is 4.43. The van der Waals surface area contributed by atoms with Crippen LogP contribution >= 0.6 is 0 Å². The van der Waals surface area contributed by atoms with Crippen molar-refractivity contribution in [3.8, 4) is 0 Å². The zero-order valence-electron chi connectivity index (χ0n) is 13.6. The second kappa shape index (κ2) is 7.77. The lowest BCUT2D eigenvalue weighted by Crippen LogP contribution is -2.32. The predicted molar refractivity (Wildman–Crippen MR) is 81.6 cm³/mol. The molecule has 0 radical (unpaired) electrons. The van der Waals surface area contributed by atoms with E-state index >= 15 is 0 Å². The number of benzene rings is 1. The third kappa shape index (κ3) is 4.57. The molecule has 124 valence electrons. The summed E-state index contributed by atoms with van der Waals surface area (Å²) in [7, 11) is 3.45. The Labute approximate surface area is 130 Å². The van der Waals surface area contributed by atoms with E-state index in [1.807, 2.05) is 13.8 Å². The highest BCUT2D eigenvalue weighted by atomic mass is 19.4. The number of Topliss-reactive ketones (excluding diaryl/α,β-unsaturated/α-hetero) is 1. The van der Waals surface area contributed by atoms with Crippen LogP contribution in [0.3, 0.4) is 0 Å². The van der Waals surface area contributed by atoms with Crippen molar-refractivity contribution in [2.45, 2.75) is 45.3 Å². The Bertz CT molecular complexity index is 497. The topological polar surface area (TPSA) is 20.3 Å². The van der Waals surface area contributed by atoms with Crippen molar-refractivity contribution >= 4 is 5.78 Å². The first-order valence-corrected chi connectivity index (χ1v) is 7.59. The molecular weight excluding hydrogens is 291 g/mol. The van der Waals surface area contributed by atoms with Crippen LogP contribution in [0.1, 0.15) is 50.3 Å². The van der Waals surface area contributed by atoms with Gasteiger partial charge in [0.1, 0.15) is 0 Å². The van der Waals surface area contributed by atoms with Crippen molar-refractivity contribution < 1.29 is 18.0 Å². The van der Waals surface area contributed by atoms with Gasteiger partial charge in [0.25, 0.3) is 0 Å². The quantitative estimate of drug-likeness (QED) is 0.726. The van der Waals surface area contributed by atoms with E-state index in [1.54, 1.807) is 25.1 Å². The molecule has 0 heterocycles. The van der Waals surface area contributed by atoms with Crippen LogP contribution in [0.25, 0.3) is 0 Å². The van der Waals surface area contributed by atoms with Gasteiger partial charge in [-0.3, -0.25) is 9.69 Å². The summed E-state index contributed by atoms with van der Waals surface area (Å²) < 4.78 is 38.6. The highest BCUT2D eigenvalue weighted by Gasteiger charge is 2.33. The average molecular weight is 315 g/mol. The lowest BCUT2D eigenvalue weighted by molar-refractivity contribution is -0.138. The maximum absolute atomic E-state index is 12.9. The number of hydrogen-bond acceptors (Lipinski definition) is 2. The second-order valence-electron chi connectivity index (χ2n) is 5.79. The van der Waals surface area contributed by atoms with Crippen molar-refractivity contribution in [3.05, 3.63) is 35.4 Å². The van der Waals surface area contributed by atoms with Gasteiger partial charge in [0, 0.05) is 5.92 Å². The molecule has 5 heteroatoms. The van der Waals surface area contributed by atoms with Gasteiger partial charge in [-0.2, -0.15) is 13.2 Å². The first kappa shape index (κ1) is 18.7. The third-order valence-electron chi connectivity index (χ3n) is 3.85. The molecule has 0 aliphatic rings. The Morgan fingerprint density at radius 1 is 1.23 bits per heavy atom. The maximum atomic E-state index is 12.9. The molecule has 1 rings (SSSR count). The fraction of sp³-hybridized carbons (Fsp3) is 0.588. The lowest BCUT2D eigenvalue weighted by atomic mass is 9.87. The standard InChI is InChI=1S/C17H24F3NO/c1-5-8-12(6-2)16(22)15(21(3)4)13-9-7-10-14(11-13)17(18,19)20/h7,9-12,15H,5-6,8H2,1-4H3. The molecule has 0 amide bonds. The molecule has 2 unspecified atom stereocenters. The minimum absolute atomic E-state index is 0.00586. The minimum atomic E-state index is -4.40. The molecule has 0 saturated heterocycles. The summed E-state index contributed by atoms with van der Waals surface area (Å²) in [6.45, 7) is 3.95. The van der Waals surface area contributed by atoms with Crippen molar-refractivity contribution in [1.82, 2.24) is 4.90 Å². The molecule has 0 N–H and O–H groups in total. The maximum Gasteiger partial charge on any atom is 0.416 e. The molecule has 0 aromatic heterocycles. The number of alkyl halides is 3. The van der Waals surface area contributed by atoms with Crippen LogP contribution in [0.4, 0.5) is 13.2 Å². The van der Waals surface area contributed by atoms with E-state index in [-0.39, 0.29) is 11.7 Å². The van der Waals surface area contributed by atoms with Crippen molar-refractivity contribution in [3.63, 3.8) is 0 Å². The van der Waals surface area contributed by atoms with E-state index in [4.69, 9.17) is 0 Å². The average Bonchev–Trinajstić information content (AvgIpc) is 2.43. The molecule has 0 aliphatic carbocycles. The summed E-state index contributed by atoms with van der Waals surface area (Å²) in [5, 5.41) is 0. The zero-order chi connectivity index (χ0) is 16.9. The Hall–Kier alpha value is -1.36. The number of hydrogen-bond donors (Lipinski definition) is 0. The molecule has 1 aromatic rings. The monoisotopic (exact) mass is 315 g/mol. The van der Waals surface area contributed by atoms with Crippen LogP contribution < -0.4 is 0 Å². The molecule has 0 spiro atoms. The number of likely N-dealkylation sites (N-methyl/N-ethyl adjacent to an activating group) is 1. The number of nitrogens with zero attached hydrogens (tertiary/aromatic N) is 1. The second-order valence-corrected chi connectivity index (χ2v) is 5.79. The SMILES string of the molecule is CCCC(CC)C(=O)C(c1cccc(C(F)(F)F)c1)N(C)C. The molecule has 0 aliphatic heterocycles. The fourth-order valence-corrected chi connectivity index (χ4v) is 2.72. The van der Waals surface area contributed by atoms with E-state index in [1.165, 1.54) is 6.07 Å². The van der Waals surface area contributed by atoms with E-state index in [9.17, 15) is 18.0 Å². The number of rotatable bonds is 7. The van der Waals surface area contributed by atoms with Gasteiger partial charge in [-0.1, -0.05) is 32.4 Å². The van der Waals surface area contributed by atoms with Crippen LogP contribution in [-0.4, -0.2) is 24.8 Å². The van der Waals surface area contributed by atoms with Crippen LogP contribution in [-0.2, 0) is 11.0 Å². The molecule has 2 atom stereocenters. The van der Waals surface area contributed by atoms with Gasteiger partial charge in [-0.15, -0.1) is 0 Å². The van der Waals surface area contributed by atoms with E-state index in [0.717, 1.165) is 25.0 Å². The summed E-state index contributed by atoms with van der Waals surface area (Å²) >= 11 is 0. The van der Waals surface area contributed by atoms with Gasteiger partial charge in [-0.05, 0) is 44.6 Å². The van der Waals surface area contributed by atoms with Crippen LogP contribution in [0, 0.1) is 5.92 Å². The third-order valence-corrected chi connectivity index (χ3v) is 3.85. The van der Waals surface area contributed by atoms with Gasteiger partial charge in [0.05, 0.1) is 11.6 Å². The summed E-state index contributed by atoms with van der Waals surface area (Å²) in [5.41, 5.74) is -0.312. The normalized spacial score (nSPS) is 14.9. The lowest BCUT2D eigenvalue weighted by Gasteiger charge is -2.27. The highest BCUT2D eigenvalue weighted by Crippen LogP contribution is 2.33. The van der Waals surface area contributed by atoms with Gasteiger partial charge >= 0.3 is 6.18 Å². The van der Waals surface area contributed by atoms with Crippen molar-refractivity contribution in [2.24, 2.45) is 5.92 Å². The fourth-order valence-electron chi connectivity index (χ4n) is 2.72. The predicted octanol–water partition coefficient (Wildman–Crippen LogP) is 4.70. The van der Waals surface area contributed by atoms with Crippen molar-refractivity contribution in [1.29, 1.82) is 0 Å². The van der Waals surface area contributed by atoms with Crippen LogP contribution in [0.2, 0.25) is 0 Å². The van der Waals surface area contributed by atoms with Crippen LogP contribution in [0.5, 0.6) is 0 Å².